The first-order valence-electron chi connectivity index (χ1n) is 10.3. The van der Waals surface area contributed by atoms with E-state index in [-0.39, 0.29) is 37.9 Å². The van der Waals surface area contributed by atoms with E-state index >= 15 is 0 Å². The van der Waals surface area contributed by atoms with Crippen LogP contribution in [0.1, 0.15) is 27.2 Å². The van der Waals surface area contributed by atoms with Crippen molar-refractivity contribution in [2.45, 2.75) is 12.4 Å². The van der Waals surface area contributed by atoms with Crippen LogP contribution in [0.3, 0.4) is 0 Å². The third-order valence-electron chi connectivity index (χ3n) is 5.20. The van der Waals surface area contributed by atoms with Crippen LogP contribution in [-0.4, -0.2) is 31.4 Å². The number of hydrogen-bond donors (Lipinski definition) is 2. The van der Waals surface area contributed by atoms with E-state index in [0.29, 0.717) is 12.1 Å². The molecule has 1 aromatic heterocycles. The molecule has 6 nitrogen and oxygen atoms in total. The number of alkyl halides is 6. The molecule has 2 N–H and O–H groups in total. The standard InChI is InChI=1S/C24H12F6N2O4S2/c25-23(26,27)12-6-11(7-13(8-12)24(28,29)30)17-3-1-2-14(31-17)9-19-20(34)32(22(37)38-19)15-4-5-16(21(35)36)18(33)10-15/h1-10,33H,(H,35,36)/b19-9-. The van der Waals surface area contributed by atoms with Crippen LogP contribution in [0.5, 0.6) is 5.75 Å². The first kappa shape index (κ1) is 27.1. The molecular weight excluding hydrogens is 558 g/mol. The van der Waals surface area contributed by atoms with Gasteiger partial charge in [0.1, 0.15) is 11.3 Å². The van der Waals surface area contributed by atoms with Crippen LogP contribution in [0.4, 0.5) is 32.0 Å². The predicted octanol–water partition coefficient (Wildman–Crippen LogP) is 6.60. The van der Waals surface area contributed by atoms with Gasteiger partial charge in [0, 0.05) is 11.6 Å². The van der Waals surface area contributed by atoms with Gasteiger partial charge in [-0.3, -0.25) is 9.69 Å². The number of thiocarbonyl (C=S) groups is 1. The van der Waals surface area contributed by atoms with Crippen molar-refractivity contribution < 1.29 is 46.1 Å². The minimum absolute atomic E-state index is 0.0134. The second-order valence-corrected chi connectivity index (χ2v) is 9.44. The van der Waals surface area contributed by atoms with E-state index in [0.717, 1.165) is 28.8 Å². The number of benzene rings is 2. The lowest BCUT2D eigenvalue weighted by Crippen LogP contribution is -2.27. The monoisotopic (exact) mass is 570 g/mol. The number of amides is 1. The fourth-order valence-electron chi connectivity index (χ4n) is 3.46. The quantitative estimate of drug-likeness (QED) is 0.208. The molecule has 3 aromatic rings. The van der Waals surface area contributed by atoms with Crippen molar-refractivity contribution in [2.24, 2.45) is 0 Å². The predicted molar refractivity (Wildman–Crippen MR) is 130 cm³/mol. The van der Waals surface area contributed by atoms with Gasteiger partial charge >= 0.3 is 18.3 Å². The van der Waals surface area contributed by atoms with Crippen LogP contribution in [0.25, 0.3) is 17.3 Å². The molecule has 38 heavy (non-hydrogen) atoms. The van der Waals surface area contributed by atoms with Crippen LogP contribution in [-0.2, 0) is 17.1 Å². The Balaban J connectivity index is 1.69. The highest BCUT2D eigenvalue weighted by molar-refractivity contribution is 8.27. The third-order valence-corrected chi connectivity index (χ3v) is 6.50. The van der Waals surface area contributed by atoms with Crippen molar-refractivity contribution in [2.75, 3.05) is 4.90 Å². The zero-order valence-electron chi connectivity index (χ0n) is 18.5. The maximum Gasteiger partial charge on any atom is 0.416 e. The molecular formula is C24H12F6N2O4S2. The number of carboxylic acid groups (broad SMARTS) is 1. The molecule has 1 amide bonds. The molecule has 1 aliphatic rings. The molecule has 0 saturated carbocycles. The van der Waals surface area contributed by atoms with Gasteiger partial charge in [0.2, 0.25) is 0 Å². The van der Waals surface area contributed by atoms with Crippen molar-refractivity contribution in [1.29, 1.82) is 0 Å². The highest BCUT2D eigenvalue weighted by Crippen LogP contribution is 2.40. The summed E-state index contributed by atoms with van der Waals surface area (Å²) in [7, 11) is 0. The van der Waals surface area contributed by atoms with Crippen LogP contribution >= 0.6 is 24.0 Å². The zero-order chi connectivity index (χ0) is 28.0. The first-order chi connectivity index (χ1) is 17.6. The smallest absolute Gasteiger partial charge is 0.416 e. The van der Waals surface area contributed by atoms with Crippen molar-refractivity contribution in [1.82, 2.24) is 4.98 Å². The van der Waals surface area contributed by atoms with E-state index in [4.69, 9.17) is 17.3 Å². The molecule has 0 aliphatic carbocycles. The van der Waals surface area contributed by atoms with Gasteiger partial charge in [-0.1, -0.05) is 30.0 Å². The molecule has 0 unspecified atom stereocenters. The van der Waals surface area contributed by atoms with Gasteiger partial charge in [-0.25, -0.2) is 9.78 Å². The number of anilines is 1. The van der Waals surface area contributed by atoms with Crippen LogP contribution in [0.15, 0.2) is 59.5 Å². The summed E-state index contributed by atoms with van der Waals surface area (Å²) in [6.07, 6.45) is -8.80. The van der Waals surface area contributed by atoms with Crippen LogP contribution in [0.2, 0.25) is 0 Å². The Labute approximate surface area is 219 Å². The van der Waals surface area contributed by atoms with Crippen molar-refractivity contribution >= 4 is 51.9 Å². The molecule has 4 rings (SSSR count). The average molecular weight is 570 g/mol. The number of phenols is 1. The third kappa shape index (κ3) is 5.50. The number of carboxylic acids is 1. The van der Waals surface area contributed by atoms with Gasteiger partial charge < -0.3 is 10.2 Å². The number of pyridine rings is 1. The Kier molecular flexibility index (Phi) is 6.97. The van der Waals surface area contributed by atoms with E-state index in [2.05, 4.69) is 4.98 Å². The lowest BCUT2D eigenvalue weighted by molar-refractivity contribution is -0.143. The summed E-state index contributed by atoms with van der Waals surface area (Å²) in [4.78, 5) is 29.3. The highest BCUT2D eigenvalue weighted by Gasteiger charge is 2.37. The molecule has 0 atom stereocenters. The zero-order valence-corrected chi connectivity index (χ0v) is 20.1. The number of aromatic hydroxyl groups is 1. The lowest BCUT2D eigenvalue weighted by atomic mass is 10.0. The molecule has 2 aromatic carbocycles. The topological polar surface area (TPSA) is 90.7 Å². The van der Waals surface area contributed by atoms with Crippen LogP contribution < -0.4 is 4.90 Å². The molecule has 1 saturated heterocycles. The van der Waals surface area contributed by atoms with Gasteiger partial charge in [0.25, 0.3) is 5.91 Å². The van der Waals surface area contributed by atoms with Crippen molar-refractivity contribution in [3.8, 4) is 17.0 Å². The largest absolute Gasteiger partial charge is 0.507 e. The summed E-state index contributed by atoms with van der Waals surface area (Å²) in [6, 6.07) is 8.48. The van der Waals surface area contributed by atoms with Crippen molar-refractivity contribution in [3.63, 3.8) is 0 Å². The minimum atomic E-state index is -5.03. The van der Waals surface area contributed by atoms with E-state index in [1.807, 2.05) is 0 Å². The Morgan fingerprint density at radius 3 is 2.16 bits per heavy atom. The Morgan fingerprint density at radius 2 is 1.61 bits per heavy atom. The summed E-state index contributed by atoms with van der Waals surface area (Å²) in [5.74, 6) is -2.64. The molecule has 14 heteroatoms. The fourth-order valence-corrected chi connectivity index (χ4v) is 4.74. The van der Waals surface area contributed by atoms with E-state index in [1.165, 1.54) is 30.3 Å². The number of halogens is 6. The minimum Gasteiger partial charge on any atom is -0.507 e. The number of carbonyl (C=O) groups excluding carboxylic acids is 1. The molecule has 0 bridgehead atoms. The van der Waals surface area contributed by atoms with Gasteiger partial charge in [-0.2, -0.15) is 26.3 Å². The normalized spacial score (nSPS) is 15.4. The summed E-state index contributed by atoms with van der Waals surface area (Å²) in [5.41, 5.74) is -3.86. The molecule has 0 radical (unpaired) electrons. The fraction of sp³-hybridized carbons (Fsp3) is 0.0833. The average Bonchev–Trinajstić information content (AvgIpc) is 3.10. The summed E-state index contributed by atoms with van der Waals surface area (Å²) in [5, 5.41) is 19.0. The maximum atomic E-state index is 13.2. The van der Waals surface area contributed by atoms with Crippen molar-refractivity contribution in [3.05, 3.63) is 81.9 Å². The van der Waals surface area contributed by atoms with E-state index in [9.17, 15) is 41.0 Å². The van der Waals surface area contributed by atoms with Gasteiger partial charge in [-0.05, 0) is 48.5 Å². The Morgan fingerprint density at radius 1 is 0.974 bits per heavy atom. The van der Waals surface area contributed by atoms with Gasteiger partial charge in [0.15, 0.2) is 4.32 Å². The second kappa shape index (κ2) is 9.76. The molecule has 1 fully saturated rings. The SMILES string of the molecule is O=C(O)c1ccc(N2C(=O)/C(=C/c3cccc(-c4cc(C(F)(F)F)cc(C(F)(F)F)c4)n3)SC2=S)cc1O. The summed E-state index contributed by atoms with van der Waals surface area (Å²) >= 11 is 6.05. The Bertz CT molecular complexity index is 1490. The number of hydrogen-bond acceptors (Lipinski definition) is 6. The number of carbonyl (C=O) groups is 2. The summed E-state index contributed by atoms with van der Waals surface area (Å²) < 4.78 is 79.5. The number of nitrogens with zero attached hydrogens (tertiary/aromatic N) is 2. The first-order valence-corrected chi connectivity index (χ1v) is 11.5. The molecule has 2 heterocycles. The highest BCUT2D eigenvalue weighted by atomic mass is 32.2. The number of rotatable bonds is 4. The summed E-state index contributed by atoms with van der Waals surface area (Å²) in [6.45, 7) is 0. The maximum absolute atomic E-state index is 13.2. The molecule has 196 valence electrons. The number of aromatic nitrogens is 1. The van der Waals surface area contributed by atoms with E-state index in [1.54, 1.807) is 0 Å². The lowest BCUT2D eigenvalue weighted by Gasteiger charge is -2.15. The molecule has 0 spiro atoms. The van der Waals surface area contributed by atoms with Crippen LogP contribution in [0, 0.1) is 0 Å². The number of thioether (sulfide) groups is 1. The Hall–Kier alpha value is -3.91. The van der Waals surface area contributed by atoms with E-state index < -0.39 is 46.7 Å². The second-order valence-electron chi connectivity index (χ2n) is 7.77. The van der Waals surface area contributed by atoms with Gasteiger partial charge in [-0.15, -0.1) is 0 Å². The molecule has 1 aliphatic heterocycles. The number of aromatic carboxylic acids is 1. The van der Waals surface area contributed by atoms with Gasteiger partial charge in [0.05, 0.1) is 33.1 Å².